The van der Waals surface area contributed by atoms with E-state index in [0.29, 0.717) is 29.5 Å². The van der Waals surface area contributed by atoms with Crippen LogP contribution in [0.5, 0.6) is 5.75 Å². The Labute approximate surface area is 196 Å². The second-order valence-electron chi connectivity index (χ2n) is 7.18. The van der Waals surface area contributed by atoms with Crippen molar-refractivity contribution < 1.29 is 23.6 Å². The average molecular weight is 491 g/mol. The molecule has 3 rings (SSSR count). The van der Waals surface area contributed by atoms with E-state index in [0.717, 1.165) is 0 Å². The SMILES string of the molecule is CC(C)CONC(=O)c1ccc(Nc2ncc(Cl)c(Nc3ccccc3O[P+](=O)O)n2)cc1. The van der Waals surface area contributed by atoms with Crippen molar-refractivity contribution in [3.63, 3.8) is 0 Å². The summed E-state index contributed by atoms with van der Waals surface area (Å²) >= 11 is 6.20. The lowest BCUT2D eigenvalue weighted by molar-refractivity contribution is 0.0208. The number of carbonyl (C=O) groups is 1. The van der Waals surface area contributed by atoms with E-state index in [-0.39, 0.29) is 28.4 Å². The van der Waals surface area contributed by atoms with Crippen LogP contribution in [0, 0.1) is 5.92 Å². The van der Waals surface area contributed by atoms with E-state index >= 15 is 0 Å². The van der Waals surface area contributed by atoms with Crippen molar-refractivity contribution >= 4 is 48.9 Å². The van der Waals surface area contributed by atoms with E-state index in [1.807, 2.05) is 13.8 Å². The first-order chi connectivity index (χ1) is 15.8. The minimum Gasteiger partial charge on any atom is -0.336 e. The van der Waals surface area contributed by atoms with Crippen LogP contribution in [0.3, 0.4) is 0 Å². The Balaban J connectivity index is 1.69. The molecule has 0 fully saturated rings. The second-order valence-corrected chi connectivity index (χ2v) is 8.24. The average Bonchev–Trinajstić information content (AvgIpc) is 2.77. The van der Waals surface area contributed by atoms with Gasteiger partial charge in [-0.3, -0.25) is 9.63 Å². The number of nitrogens with one attached hydrogen (secondary N) is 3. The maximum Gasteiger partial charge on any atom is 0.747 e. The van der Waals surface area contributed by atoms with Gasteiger partial charge in [-0.05, 0) is 42.3 Å². The van der Waals surface area contributed by atoms with Crippen molar-refractivity contribution in [1.82, 2.24) is 15.4 Å². The van der Waals surface area contributed by atoms with E-state index in [2.05, 4.69) is 26.1 Å². The Kier molecular flexibility index (Phi) is 8.51. The number of amides is 1. The van der Waals surface area contributed by atoms with Crippen LogP contribution in [-0.2, 0) is 9.40 Å². The number of nitrogens with zero attached hydrogens (tertiary/aromatic N) is 2. The molecular weight excluding hydrogens is 469 g/mol. The maximum atomic E-state index is 12.1. The van der Waals surface area contributed by atoms with Crippen molar-refractivity contribution in [2.45, 2.75) is 13.8 Å². The third kappa shape index (κ3) is 7.37. The lowest BCUT2D eigenvalue weighted by Crippen LogP contribution is -2.25. The Morgan fingerprint density at radius 2 is 1.88 bits per heavy atom. The number of benzene rings is 2. The highest BCUT2D eigenvalue weighted by molar-refractivity contribution is 7.32. The third-order valence-corrected chi connectivity index (χ3v) is 4.67. The quantitative estimate of drug-likeness (QED) is 0.229. The van der Waals surface area contributed by atoms with Gasteiger partial charge in [-0.2, -0.15) is 4.98 Å². The number of para-hydroxylation sites is 2. The molecule has 1 atom stereocenters. The van der Waals surface area contributed by atoms with Crippen LogP contribution in [0.1, 0.15) is 24.2 Å². The molecule has 1 amide bonds. The molecule has 0 bridgehead atoms. The number of rotatable bonds is 10. The normalized spacial score (nSPS) is 11.1. The minimum absolute atomic E-state index is 0.163. The lowest BCUT2D eigenvalue weighted by Gasteiger charge is -2.11. The van der Waals surface area contributed by atoms with Gasteiger partial charge in [0.1, 0.15) is 5.02 Å². The van der Waals surface area contributed by atoms with Crippen LogP contribution in [0.4, 0.5) is 23.1 Å². The molecule has 0 aliphatic heterocycles. The summed E-state index contributed by atoms with van der Waals surface area (Å²) in [6, 6.07) is 13.2. The van der Waals surface area contributed by atoms with Gasteiger partial charge >= 0.3 is 8.25 Å². The molecule has 1 unspecified atom stereocenters. The van der Waals surface area contributed by atoms with Gasteiger partial charge in [0, 0.05) is 15.8 Å². The lowest BCUT2D eigenvalue weighted by atomic mass is 10.2. The maximum absolute atomic E-state index is 12.1. The summed E-state index contributed by atoms with van der Waals surface area (Å²) < 4.78 is 16.0. The second kappa shape index (κ2) is 11.5. The van der Waals surface area contributed by atoms with Gasteiger partial charge in [0.15, 0.2) is 5.82 Å². The monoisotopic (exact) mass is 490 g/mol. The first-order valence-corrected chi connectivity index (χ1v) is 11.3. The van der Waals surface area contributed by atoms with Crippen molar-refractivity contribution in [2.24, 2.45) is 5.92 Å². The van der Waals surface area contributed by atoms with E-state index in [1.165, 1.54) is 12.3 Å². The van der Waals surface area contributed by atoms with Crippen molar-refractivity contribution in [3.05, 3.63) is 65.3 Å². The first-order valence-electron chi connectivity index (χ1n) is 9.83. The molecule has 33 heavy (non-hydrogen) atoms. The van der Waals surface area contributed by atoms with Crippen molar-refractivity contribution in [3.8, 4) is 5.75 Å². The number of halogens is 1. The van der Waals surface area contributed by atoms with Gasteiger partial charge < -0.3 is 10.6 Å². The highest BCUT2D eigenvalue weighted by atomic mass is 35.5. The molecule has 0 saturated heterocycles. The van der Waals surface area contributed by atoms with E-state index in [9.17, 15) is 9.36 Å². The van der Waals surface area contributed by atoms with Crippen LogP contribution in [0.25, 0.3) is 0 Å². The Morgan fingerprint density at radius 1 is 1.15 bits per heavy atom. The van der Waals surface area contributed by atoms with Crippen LogP contribution in [0.2, 0.25) is 5.02 Å². The van der Waals surface area contributed by atoms with Gasteiger partial charge in [0.2, 0.25) is 11.7 Å². The number of hydrogen-bond donors (Lipinski definition) is 4. The van der Waals surface area contributed by atoms with Gasteiger partial charge in [0.05, 0.1) is 18.5 Å². The van der Waals surface area contributed by atoms with Gasteiger partial charge in [0.25, 0.3) is 5.91 Å². The molecule has 10 nitrogen and oxygen atoms in total. The third-order valence-electron chi connectivity index (χ3n) is 4.05. The fraction of sp³-hybridized carbons (Fsp3) is 0.190. The largest absolute Gasteiger partial charge is 0.747 e. The van der Waals surface area contributed by atoms with E-state index in [1.54, 1.807) is 42.5 Å². The number of carbonyl (C=O) groups excluding carboxylic acids is 1. The topological polar surface area (TPSA) is 135 Å². The van der Waals surface area contributed by atoms with Crippen LogP contribution in [-0.4, -0.2) is 27.4 Å². The van der Waals surface area contributed by atoms with E-state index in [4.69, 9.17) is 25.9 Å². The number of hydrogen-bond acceptors (Lipinski definition) is 8. The first kappa shape index (κ1) is 24.3. The predicted molar refractivity (Wildman–Crippen MR) is 125 cm³/mol. The highest BCUT2D eigenvalue weighted by Crippen LogP contribution is 2.34. The smallest absolute Gasteiger partial charge is 0.336 e. The fourth-order valence-corrected chi connectivity index (χ4v) is 3.01. The Hall–Kier alpha value is -3.30. The zero-order valence-corrected chi connectivity index (χ0v) is 19.4. The molecule has 4 N–H and O–H groups in total. The molecule has 0 spiro atoms. The fourth-order valence-electron chi connectivity index (χ4n) is 2.54. The molecule has 0 saturated carbocycles. The Bertz CT molecular complexity index is 1130. The molecule has 2 aromatic carbocycles. The van der Waals surface area contributed by atoms with Crippen LogP contribution < -0.4 is 20.6 Å². The molecule has 1 aromatic heterocycles. The summed E-state index contributed by atoms with van der Waals surface area (Å²) in [6.45, 7) is 4.39. The number of anilines is 4. The summed E-state index contributed by atoms with van der Waals surface area (Å²) in [4.78, 5) is 34.8. The van der Waals surface area contributed by atoms with Crippen LogP contribution in [0.15, 0.2) is 54.7 Å². The number of hydroxylamine groups is 1. The standard InChI is InChI=1S/C21H21ClN5O5P/c1-13(2)12-31-27-20(28)14-7-9-15(10-8-14)24-21-23-11-16(22)19(26-21)25-17-5-3-4-6-18(17)32-33(29)30/h3-11,13H,12H2,1-2H3,(H3-,23,24,25,26,27,28,29,30)/p+1. The minimum atomic E-state index is -2.83. The molecule has 0 aliphatic rings. The summed E-state index contributed by atoms with van der Waals surface area (Å²) in [5.74, 6) is 0.622. The zero-order valence-electron chi connectivity index (χ0n) is 17.8. The molecular formula is C21H22ClN5O5P+. The summed E-state index contributed by atoms with van der Waals surface area (Å²) in [7, 11) is -2.83. The summed E-state index contributed by atoms with van der Waals surface area (Å²) in [6.07, 6.45) is 1.41. The van der Waals surface area contributed by atoms with Gasteiger partial charge in [-0.1, -0.05) is 37.6 Å². The predicted octanol–water partition coefficient (Wildman–Crippen LogP) is 4.96. The molecule has 1 heterocycles. The molecule has 3 aromatic rings. The summed E-state index contributed by atoms with van der Waals surface area (Å²) in [5, 5.41) is 6.23. The molecule has 0 radical (unpaired) electrons. The molecule has 0 aliphatic carbocycles. The highest BCUT2D eigenvalue weighted by Gasteiger charge is 2.18. The van der Waals surface area contributed by atoms with Gasteiger partial charge in [-0.25, -0.2) is 15.0 Å². The summed E-state index contributed by atoms with van der Waals surface area (Å²) in [5.41, 5.74) is 3.88. The van der Waals surface area contributed by atoms with Crippen LogP contribution >= 0.6 is 19.9 Å². The molecule has 12 heteroatoms. The Morgan fingerprint density at radius 3 is 2.58 bits per heavy atom. The molecule has 172 valence electrons. The zero-order chi connectivity index (χ0) is 23.8. The van der Waals surface area contributed by atoms with E-state index < -0.39 is 8.25 Å². The number of aromatic nitrogens is 2. The van der Waals surface area contributed by atoms with Crippen molar-refractivity contribution in [1.29, 1.82) is 0 Å². The van der Waals surface area contributed by atoms with Crippen molar-refractivity contribution in [2.75, 3.05) is 17.2 Å². The van der Waals surface area contributed by atoms with Gasteiger partial charge in [-0.15, -0.1) is 4.89 Å².